The first-order chi connectivity index (χ1) is 18.6. The third kappa shape index (κ3) is 5.25. The van der Waals surface area contributed by atoms with E-state index in [1.165, 1.54) is 27.3 Å². The number of rotatable bonds is 7. The van der Waals surface area contributed by atoms with Crippen LogP contribution in [0.1, 0.15) is 35.2 Å². The van der Waals surface area contributed by atoms with E-state index in [1.807, 2.05) is 6.07 Å². The smallest absolute Gasteiger partial charge is 0.405 e. The predicted molar refractivity (Wildman–Crippen MR) is 138 cm³/mol. The van der Waals surface area contributed by atoms with Crippen LogP contribution >= 0.6 is 0 Å². The largest absolute Gasteiger partial charge is 0.573 e. The molecule has 0 spiro atoms. The minimum atomic E-state index is -4.92. The summed E-state index contributed by atoms with van der Waals surface area (Å²) in [6.45, 7) is -0.165. The monoisotopic (exact) mass is 538 g/mol. The number of fused-ring (bicyclic) bond motifs is 1. The Balaban J connectivity index is 1.29. The molecule has 1 fully saturated rings. The number of amides is 2. The minimum absolute atomic E-state index is 0.165. The normalized spacial score (nSPS) is 14.5. The van der Waals surface area contributed by atoms with E-state index in [-0.39, 0.29) is 23.7 Å². The van der Waals surface area contributed by atoms with Crippen molar-refractivity contribution >= 4 is 28.5 Å². The predicted octanol–water partition coefficient (Wildman–Crippen LogP) is 4.69. The molecule has 0 aliphatic heterocycles. The van der Waals surface area contributed by atoms with Gasteiger partial charge in [-0.1, -0.05) is 36.4 Å². The van der Waals surface area contributed by atoms with Crippen LogP contribution in [0.2, 0.25) is 0 Å². The second-order valence-electron chi connectivity index (χ2n) is 9.48. The third-order valence-electron chi connectivity index (χ3n) is 6.99. The second-order valence-corrected chi connectivity index (χ2v) is 9.48. The van der Waals surface area contributed by atoms with Gasteiger partial charge in [0.2, 0.25) is 5.91 Å². The number of hydrogen-bond donors (Lipinski definition) is 2. The first-order valence-corrected chi connectivity index (χ1v) is 12.3. The van der Waals surface area contributed by atoms with Crippen molar-refractivity contribution in [2.75, 3.05) is 5.32 Å². The summed E-state index contributed by atoms with van der Waals surface area (Å²) in [6.07, 6.45) is -2.88. The van der Waals surface area contributed by atoms with Gasteiger partial charge in [0.25, 0.3) is 5.91 Å². The van der Waals surface area contributed by atoms with E-state index in [4.69, 9.17) is 0 Å². The van der Waals surface area contributed by atoms with E-state index < -0.39 is 23.6 Å². The zero-order valence-electron chi connectivity index (χ0n) is 20.9. The Hall–Kier alpha value is -4.54. The molecule has 0 atom stereocenters. The maximum atomic E-state index is 13.0. The summed E-state index contributed by atoms with van der Waals surface area (Å²) in [7, 11) is 1.65. The van der Waals surface area contributed by atoms with Crippen LogP contribution in [0.15, 0.2) is 77.6 Å². The Morgan fingerprint density at radius 2 is 1.59 bits per heavy atom. The molecule has 5 rings (SSSR count). The molecule has 4 aromatic rings. The van der Waals surface area contributed by atoms with Crippen LogP contribution in [-0.4, -0.2) is 27.3 Å². The molecule has 39 heavy (non-hydrogen) atoms. The number of carbonyl (C=O) groups is 2. The summed E-state index contributed by atoms with van der Waals surface area (Å²) in [5, 5.41) is 5.68. The Kier molecular flexibility index (Phi) is 6.67. The van der Waals surface area contributed by atoms with Gasteiger partial charge in [-0.3, -0.25) is 18.7 Å². The maximum absolute atomic E-state index is 13.0. The van der Waals surface area contributed by atoms with Crippen molar-refractivity contribution in [3.8, 4) is 5.75 Å². The zero-order valence-corrected chi connectivity index (χ0v) is 20.9. The van der Waals surface area contributed by atoms with Gasteiger partial charge in [0.05, 0.1) is 22.1 Å². The van der Waals surface area contributed by atoms with Crippen molar-refractivity contribution in [1.29, 1.82) is 0 Å². The quantitative estimate of drug-likeness (QED) is 0.357. The number of alkyl halides is 3. The number of ether oxygens (including phenoxy) is 1. The van der Waals surface area contributed by atoms with Crippen molar-refractivity contribution < 1.29 is 27.5 Å². The summed E-state index contributed by atoms with van der Waals surface area (Å²) in [4.78, 5) is 38.3. The second kappa shape index (κ2) is 9.97. The number of nitrogens with one attached hydrogen (secondary N) is 2. The van der Waals surface area contributed by atoms with Crippen molar-refractivity contribution in [3.05, 3.63) is 94.4 Å². The Morgan fingerprint density at radius 1 is 0.949 bits per heavy atom. The van der Waals surface area contributed by atoms with Gasteiger partial charge in [0, 0.05) is 12.7 Å². The Bertz CT molecular complexity index is 1600. The fourth-order valence-electron chi connectivity index (χ4n) is 4.90. The van der Waals surface area contributed by atoms with Gasteiger partial charge >= 0.3 is 12.1 Å². The number of nitrogens with zero attached hydrogens (tertiary/aromatic N) is 2. The average molecular weight is 539 g/mol. The zero-order chi connectivity index (χ0) is 27.8. The van der Waals surface area contributed by atoms with E-state index in [2.05, 4.69) is 15.4 Å². The van der Waals surface area contributed by atoms with E-state index in [0.717, 1.165) is 23.6 Å². The molecule has 0 unspecified atom stereocenters. The fourth-order valence-corrected chi connectivity index (χ4v) is 4.90. The molecule has 1 aromatic heterocycles. The third-order valence-corrected chi connectivity index (χ3v) is 6.99. The fraction of sp³-hybridized carbons (Fsp3) is 0.250. The van der Waals surface area contributed by atoms with Gasteiger partial charge in [0.15, 0.2) is 0 Å². The molecule has 0 saturated heterocycles. The molecule has 0 bridgehead atoms. The van der Waals surface area contributed by atoms with E-state index in [0.29, 0.717) is 24.0 Å². The maximum Gasteiger partial charge on any atom is 0.573 e. The van der Waals surface area contributed by atoms with E-state index >= 15 is 0 Å². The summed E-state index contributed by atoms with van der Waals surface area (Å²) in [5.74, 6) is -1.62. The Labute approximate surface area is 221 Å². The van der Waals surface area contributed by atoms with Crippen molar-refractivity contribution in [2.45, 2.75) is 37.7 Å². The number of hydrogen-bond acceptors (Lipinski definition) is 4. The lowest BCUT2D eigenvalue weighted by molar-refractivity contribution is -0.274. The van der Waals surface area contributed by atoms with Gasteiger partial charge in [-0.25, -0.2) is 4.79 Å². The van der Waals surface area contributed by atoms with Crippen molar-refractivity contribution in [3.63, 3.8) is 0 Å². The molecule has 1 saturated carbocycles. The highest BCUT2D eigenvalue weighted by molar-refractivity contribution is 5.97. The SMILES string of the molecule is Cn1c(=O)n(CC(=O)Nc2ccc(C3(NC(=O)c4ccccc4OC(F)(F)F)CCC3)cc2)c2ccccc21. The van der Waals surface area contributed by atoms with Crippen LogP contribution in [0.25, 0.3) is 11.0 Å². The number of carbonyl (C=O) groups excluding carboxylic acids is 2. The topological polar surface area (TPSA) is 94.4 Å². The summed E-state index contributed by atoms with van der Waals surface area (Å²) < 4.78 is 45.3. The molecule has 11 heteroatoms. The van der Waals surface area contributed by atoms with Crippen LogP contribution < -0.4 is 21.1 Å². The number of imidazole rings is 1. The van der Waals surface area contributed by atoms with Gasteiger partial charge in [0.1, 0.15) is 12.3 Å². The molecule has 2 amide bonds. The molecule has 1 heterocycles. The Morgan fingerprint density at radius 3 is 2.23 bits per heavy atom. The number of aryl methyl sites for hydroxylation is 1. The molecule has 3 aromatic carbocycles. The molecule has 1 aliphatic rings. The van der Waals surface area contributed by atoms with Gasteiger partial charge < -0.3 is 15.4 Å². The van der Waals surface area contributed by atoms with Gasteiger partial charge in [-0.05, 0) is 61.2 Å². The molecular formula is C28H25F3N4O4. The van der Waals surface area contributed by atoms with Crippen LogP contribution in [0.3, 0.4) is 0 Å². The standard InChI is InChI=1S/C28H25F3N4O4/c1-34-21-8-3-4-9-22(21)35(26(34)38)17-24(36)32-19-13-11-18(12-14-19)27(15-6-16-27)33-25(37)20-7-2-5-10-23(20)39-28(29,30)31/h2-5,7-14H,6,15-17H2,1H3,(H,32,36)(H,33,37). The van der Waals surface area contributed by atoms with E-state index in [9.17, 15) is 27.6 Å². The molecule has 0 radical (unpaired) electrons. The number of benzene rings is 3. The van der Waals surface area contributed by atoms with Crippen molar-refractivity contribution in [1.82, 2.24) is 14.5 Å². The summed E-state index contributed by atoms with van der Waals surface area (Å²) >= 11 is 0. The van der Waals surface area contributed by atoms with Crippen molar-refractivity contribution in [2.24, 2.45) is 7.05 Å². The lowest BCUT2D eigenvalue weighted by Gasteiger charge is -2.43. The lowest BCUT2D eigenvalue weighted by atomic mass is 9.71. The molecular weight excluding hydrogens is 513 g/mol. The van der Waals surface area contributed by atoms with Crippen LogP contribution in [0, 0.1) is 0 Å². The minimum Gasteiger partial charge on any atom is -0.405 e. The highest BCUT2D eigenvalue weighted by Crippen LogP contribution is 2.42. The van der Waals surface area contributed by atoms with Crippen LogP contribution in [0.4, 0.5) is 18.9 Å². The first-order valence-electron chi connectivity index (χ1n) is 12.3. The number of halogens is 3. The van der Waals surface area contributed by atoms with Crippen LogP contribution in [0.5, 0.6) is 5.75 Å². The summed E-state index contributed by atoms with van der Waals surface area (Å²) in [6, 6.07) is 19.3. The number of anilines is 1. The van der Waals surface area contributed by atoms with Gasteiger partial charge in [-0.15, -0.1) is 13.2 Å². The first kappa shape index (κ1) is 26.1. The highest BCUT2D eigenvalue weighted by atomic mass is 19.4. The van der Waals surface area contributed by atoms with E-state index in [1.54, 1.807) is 49.5 Å². The average Bonchev–Trinajstić information content (AvgIpc) is 3.11. The summed E-state index contributed by atoms with van der Waals surface area (Å²) in [5.41, 5.74) is 1.38. The highest BCUT2D eigenvalue weighted by Gasteiger charge is 2.41. The van der Waals surface area contributed by atoms with Crippen LogP contribution in [-0.2, 0) is 23.9 Å². The molecule has 2 N–H and O–H groups in total. The van der Waals surface area contributed by atoms with Gasteiger partial charge in [-0.2, -0.15) is 0 Å². The molecule has 8 nitrogen and oxygen atoms in total. The number of aromatic nitrogens is 2. The molecule has 202 valence electrons. The number of para-hydroxylation sites is 3. The lowest BCUT2D eigenvalue weighted by Crippen LogP contribution is -2.50. The molecule has 1 aliphatic carbocycles.